The summed E-state index contributed by atoms with van der Waals surface area (Å²) in [6.45, 7) is 2.27. The van der Waals surface area contributed by atoms with E-state index in [0.29, 0.717) is 11.9 Å². The number of hydrogen-bond donors (Lipinski definition) is 1. The van der Waals surface area contributed by atoms with Crippen molar-refractivity contribution in [1.29, 1.82) is 0 Å². The van der Waals surface area contributed by atoms with Crippen LogP contribution < -0.4 is 15.0 Å². The van der Waals surface area contributed by atoms with Gasteiger partial charge in [0.2, 0.25) is 5.88 Å². The Balaban J connectivity index is 2.18. The van der Waals surface area contributed by atoms with Gasteiger partial charge in [-0.1, -0.05) is 0 Å². The van der Waals surface area contributed by atoms with E-state index >= 15 is 0 Å². The second-order valence-electron chi connectivity index (χ2n) is 5.33. The van der Waals surface area contributed by atoms with Crippen molar-refractivity contribution in [3.63, 3.8) is 0 Å². The minimum Gasteiger partial charge on any atom is -0.479 e. The second kappa shape index (κ2) is 6.10. The number of likely N-dealkylation sites (tertiary alicyclic amines) is 1. The lowest BCUT2D eigenvalue weighted by Crippen LogP contribution is -2.37. The van der Waals surface area contributed by atoms with Gasteiger partial charge in [-0.3, -0.25) is 0 Å². The summed E-state index contributed by atoms with van der Waals surface area (Å²) in [7, 11) is 7.91. The average molecular weight is 264 g/mol. The normalized spacial score (nSPS) is 17.3. The highest BCUT2D eigenvalue weighted by molar-refractivity contribution is 5.74. The van der Waals surface area contributed by atoms with Crippen molar-refractivity contribution in [3.8, 4) is 5.88 Å². The first-order valence-corrected chi connectivity index (χ1v) is 6.77. The minimum absolute atomic E-state index is 0.494. The van der Waals surface area contributed by atoms with Crippen LogP contribution in [0.5, 0.6) is 5.88 Å². The van der Waals surface area contributed by atoms with E-state index < -0.39 is 0 Å². The largest absolute Gasteiger partial charge is 0.479 e. The summed E-state index contributed by atoms with van der Waals surface area (Å²) in [6, 6.07) is 2.51. The van der Waals surface area contributed by atoms with Gasteiger partial charge in [0.05, 0.1) is 12.8 Å². The minimum atomic E-state index is 0.494. The van der Waals surface area contributed by atoms with Crippen LogP contribution in [0.15, 0.2) is 12.3 Å². The van der Waals surface area contributed by atoms with Crippen molar-refractivity contribution < 1.29 is 4.74 Å². The summed E-state index contributed by atoms with van der Waals surface area (Å²) < 4.78 is 5.39. The monoisotopic (exact) mass is 264 g/mol. The van der Waals surface area contributed by atoms with Gasteiger partial charge < -0.3 is 19.9 Å². The van der Waals surface area contributed by atoms with Crippen LogP contribution >= 0.6 is 0 Å². The highest BCUT2D eigenvalue weighted by atomic mass is 16.5. The Morgan fingerprint density at radius 3 is 2.63 bits per heavy atom. The number of methoxy groups -OCH3 is 1. The first-order chi connectivity index (χ1) is 9.11. The maximum Gasteiger partial charge on any atom is 0.239 e. The van der Waals surface area contributed by atoms with Gasteiger partial charge >= 0.3 is 0 Å². The number of nitrogens with zero attached hydrogens (tertiary/aromatic N) is 3. The molecule has 2 heterocycles. The maximum absolute atomic E-state index is 5.39. The van der Waals surface area contributed by atoms with Crippen LogP contribution in [0.4, 0.5) is 11.4 Å². The Morgan fingerprint density at radius 2 is 2.05 bits per heavy atom. The number of nitrogens with one attached hydrogen (secondary N) is 1. The van der Waals surface area contributed by atoms with Crippen molar-refractivity contribution in [2.75, 3.05) is 51.6 Å². The predicted octanol–water partition coefficient (Wildman–Crippen LogP) is 1.66. The number of aromatic nitrogens is 1. The fourth-order valence-corrected chi connectivity index (χ4v) is 2.45. The molecule has 0 amide bonds. The molecule has 1 aromatic heterocycles. The maximum atomic E-state index is 5.39. The summed E-state index contributed by atoms with van der Waals surface area (Å²) in [5.41, 5.74) is 2.12. The Labute approximate surface area is 115 Å². The van der Waals surface area contributed by atoms with Crippen molar-refractivity contribution in [2.24, 2.45) is 0 Å². The van der Waals surface area contributed by atoms with Gasteiger partial charge in [-0.15, -0.1) is 0 Å². The number of rotatable bonds is 4. The third kappa shape index (κ3) is 3.29. The molecule has 5 nitrogen and oxygen atoms in total. The molecule has 5 heteroatoms. The molecule has 2 rings (SSSR count). The quantitative estimate of drug-likeness (QED) is 0.895. The van der Waals surface area contributed by atoms with Crippen LogP contribution in [0.1, 0.15) is 12.8 Å². The van der Waals surface area contributed by atoms with Gasteiger partial charge in [-0.2, -0.15) is 0 Å². The standard InChI is InChI=1S/C14H24N4O/c1-17(2)12-5-8-15-14(19-4)13(12)16-11-6-9-18(3)10-7-11/h5,8,11,16H,6-7,9-10H2,1-4H3. The fourth-order valence-electron chi connectivity index (χ4n) is 2.45. The molecule has 0 spiro atoms. The van der Waals surface area contributed by atoms with Crippen LogP contribution in [-0.4, -0.2) is 57.3 Å². The Hall–Kier alpha value is -1.49. The van der Waals surface area contributed by atoms with E-state index in [2.05, 4.69) is 27.1 Å². The lowest BCUT2D eigenvalue weighted by molar-refractivity contribution is 0.263. The van der Waals surface area contributed by atoms with E-state index in [4.69, 9.17) is 4.74 Å². The molecule has 1 aliphatic rings. The molecule has 1 N–H and O–H groups in total. The van der Waals surface area contributed by atoms with Crippen molar-refractivity contribution in [1.82, 2.24) is 9.88 Å². The zero-order chi connectivity index (χ0) is 13.8. The molecule has 0 radical (unpaired) electrons. The van der Waals surface area contributed by atoms with Gasteiger partial charge in [0.15, 0.2) is 0 Å². The predicted molar refractivity (Wildman–Crippen MR) is 79.3 cm³/mol. The number of pyridine rings is 1. The van der Waals surface area contributed by atoms with Crippen molar-refractivity contribution >= 4 is 11.4 Å². The van der Waals surface area contributed by atoms with Gasteiger partial charge in [0.25, 0.3) is 0 Å². The van der Waals surface area contributed by atoms with Crippen LogP contribution in [-0.2, 0) is 0 Å². The summed E-state index contributed by atoms with van der Waals surface area (Å²) in [5, 5.41) is 3.62. The SMILES string of the molecule is COc1nccc(N(C)C)c1NC1CCN(C)CC1. The van der Waals surface area contributed by atoms with Gasteiger partial charge in [-0.05, 0) is 39.0 Å². The van der Waals surface area contributed by atoms with E-state index in [-0.39, 0.29) is 0 Å². The topological polar surface area (TPSA) is 40.6 Å². The first-order valence-electron chi connectivity index (χ1n) is 6.77. The molecule has 19 heavy (non-hydrogen) atoms. The second-order valence-corrected chi connectivity index (χ2v) is 5.33. The third-order valence-corrected chi connectivity index (χ3v) is 3.64. The molecule has 0 aromatic carbocycles. The molecular weight excluding hydrogens is 240 g/mol. The number of ether oxygens (including phenoxy) is 1. The number of piperidine rings is 1. The fraction of sp³-hybridized carbons (Fsp3) is 0.643. The molecular formula is C14H24N4O. The zero-order valence-corrected chi connectivity index (χ0v) is 12.3. The molecule has 0 aliphatic carbocycles. The van der Waals surface area contributed by atoms with Crippen LogP contribution in [0.25, 0.3) is 0 Å². The van der Waals surface area contributed by atoms with Crippen molar-refractivity contribution in [3.05, 3.63) is 12.3 Å². The molecule has 106 valence electrons. The summed E-state index contributed by atoms with van der Waals surface area (Å²) in [6.07, 6.45) is 4.09. The average Bonchev–Trinajstić information content (AvgIpc) is 2.41. The molecule has 0 saturated carbocycles. The van der Waals surface area contributed by atoms with E-state index in [1.54, 1.807) is 13.3 Å². The zero-order valence-electron chi connectivity index (χ0n) is 12.3. The molecule has 0 unspecified atom stereocenters. The van der Waals surface area contributed by atoms with E-state index in [0.717, 1.165) is 37.3 Å². The smallest absolute Gasteiger partial charge is 0.239 e. The third-order valence-electron chi connectivity index (χ3n) is 3.64. The van der Waals surface area contributed by atoms with Gasteiger partial charge in [0, 0.05) is 26.3 Å². The molecule has 1 aliphatic heterocycles. The summed E-state index contributed by atoms with van der Waals surface area (Å²) >= 11 is 0. The molecule has 0 bridgehead atoms. The Kier molecular flexibility index (Phi) is 4.47. The Morgan fingerprint density at radius 1 is 1.37 bits per heavy atom. The van der Waals surface area contributed by atoms with Crippen LogP contribution in [0, 0.1) is 0 Å². The van der Waals surface area contributed by atoms with Crippen LogP contribution in [0.3, 0.4) is 0 Å². The molecule has 1 saturated heterocycles. The first kappa shape index (κ1) is 13.9. The number of hydrogen-bond acceptors (Lipinski definition) is 5. The van der Waals surface area contributed by atoms with E-state index in [1.807, 2.05) is 20.2 Å². The van der Waals surface area contributed by atoms with E-state index in [1.165, 1.54) is 0 Å². The lowest BCUT2D eigenvalue weighted by atomic mass is 10.1. The van der Waals surface area contributed by atoms with Crippen molar-refractivity contribution in [2.45, 2.75) is 18.9 Å². The van der Waals surface area contributed by atoms with Gasteiger partial charge in [-0.25, -0.2) is 4.98 Å². The molecule has 0 atom stereocenters. The molecule has 1 fully saturated rings. The highest BCUT2D eigenvalue weighted by Gasteiger charge is 2.20. The lowest BCUT2D eigenvalue weighted by Gasteiger charge is -2.31. The Bertz CT molecular complexity index is 414. The summed E-state index contributed by atoms with van der Waals surface area (Å²) in [5.74, 6) is 0.671. The van der Waals surface area contributed by atoms with E-state index in [9.17, 15) is 0 Å². The van der Waals surface area contributed by atoms with Gasteiger partial charge in [0.1, 0.15) is 5.69 Å². The van der Waals surface area contributed by atoms with Crippen LogP contribution in [0.2, 0.25) is 0 Å². The summed E-state index contributed by atoms with van der Waals surface area (Å²) in [4.78, 5) is 8.75. The number of anilines is 2. The highest BCUT2D eigenvalue weighted by Crippen LogP contribution is 2.33. The molecule has 1 aromatic rings.